The summed E-state index contributed by atoms with van der Waals surface area (Å²) in [5, 5.41) is 8.36. The topological polar surface area (TPSA) is 66.2 Å². The van der Waals surface area contributed by atoms with E-state index in [1.54, 1.807) is 18.5 Å². The van der Waals surface area contributed by atoms with Crippen molar-refractivity contribution in [2.24, 2.45) is 0 Å². The molecule has 15 heavy (non-hydrogen) atoms. The second-order valence-corrected chi connectivity index (χ2v) is 2.93. The lowest BCUT2D eigenvalue weighted by atomic mass is 10.3. The van der Waals surface area contributed by atoms with Crippen molar-refractivity contribution in [2.75, 3.05) is 13.6 Å². The number of carbonyl (C=O) groups is 1. The van der Waals surface area contributed by atoms with Gasteiger partial charge < -0.3 is 4.74 Å². The predicted octanol–water partition coefficient (Wildman–Crippen LogP) is 1.17. The molecule has 78 valence electrons. The number of hydrogen-bond donors (Lipinski definition) is 0. The Kier molecular flexibility index (Phi) is 4.10. The molecule has 1 amide bonds. The maximum atomic E-state index is 11.2. The average Bonchev–Trinajstić information content (AvgIpc) is 2.27. The van der Waals surface area contributed by atoms with Gasteiger partial charge in [0.1, 0.15) is 13.2 Å². The predicted molar refractivity (Wildman–Crippen MR) is 52.7 cm³/mol. The van der Waals surface area contributed by atoms with Gasteiger partial charge in [-0.25, -0.2) is 4.79 Å². The minimum Gasteiger partial charge on any atom is -0.444 e. The molecule has 1 rings (SSSR count). The summed E-state index contributed by atoms with van der Waals surface area (Å²) in [6.07, 6.45) is 2.76. The Morgan fingerprint density at radius 1 is 1.73 bits per heavy atom. The quantitative estimate of drug-likeness (QED) is 0.695. The van der Waals surface area contributed by atoms with Gasteiger partial charge in [-0.05, 0) is 6.07 Å². The molecule has 1 aromatic heterocycles. The Hall–Kier alpha value is -2.09. The van der Waals surface area contributed by atoms with Crippen molar-refractivity contribution in [1.29, 1.82) is 5.26 Å². The highest BCUT2D eigenvalue weighted by Crippen LogP contribution is 2.00. The maximum absolute atomic E-state index is 11.2. The molecule has 1 heterocycles. The third-order valence-electron chi connectivity index (χ3n) is 1.70. The molecule has 0 spiro atoms. The molecule has 0 fully saturated rings. The van der Waals surface area contributed by atoms with Crippen LogP contribution >= 0.6 is 0 Å². The molecule has 0 unspecified atom stereocenters. The lowest BCUT2D eigenvalue weighted by Crippen LogP contribution is -2.27. The van der Waals surface area contributed by atoms with Gasteiger partial charge in [-0.15, -0.1) is 0 Å². The van der Waals surface area contributed by atoms with E-state index in [0.29, 0.717) is 0 Å². The number of nitriles is 1. The van der Waals surface area contributed by atoms with E-state index in [0.717, 1.165) is 5.56 Å². The van der Waals surface area contributed by atoms with E-state index in [9.17, 15) is 4.79 Å². The van der Waals surface area contributed by atoms with Crippen LogP contribution in [0.15, 0.2) is 24.5 Å². The van der Waals surface area contributed by atoms with Crippen molar-refractivity contribution in [1.82, 2.24) is 9.88 Å². The number of nitrogens with zero attached hydrogens (tertiary/aromatic N) is 3. The summed E-state index contributed by atoms with van der Waals surface area (Å²) < 4.78 is 4.94. The lowest BCUT2D eigenvalue weighted by molar-refractivity contribution is 0.108. The first-order valence-corrected chi connectivity index (χ1v) is 4.38. The number of aromatic nitrogens is 1. The number of pyridine rings is 1. The van der Waals surface area contributed by atoms with Crippen molar-refractivity contribution in [3.05, 3.63) is 30.1 Å². The van der Waals surface area contributed by atoms with Crippen LogP contribution < -0.4 is 0 Å². The minimum atomic E-state index is -0.514. The Bertz CT molecular complexity index is 359. The lowest BCUT2D eigenvalue weighted by Gasteiger charge is -2.12. The van der Waals surface area contributed by atoms with E-state index in [1.807, 2.05) is 12.1 Å². The summed E-state index contributed by atoms with van der Waals surface area (Å²) in [7, 11) is 1.51. The third-order valence-corrected chi connectivity index (χ3v) is 1.70. The monoisotopic (exact) mass is 205 g/mol. The van der Waals surface area contributed by atoms with Crippen LogP contribution in [0.3, 0.4) is 0 Å². The van der Waals surface area contributed by atoms with Crippen molar-refractivity contribution in [3.8, 4) is 6.07 Å². The summed E-state index contributed by atoms with van der Waals surface area (Å²) in [5.41, 5.74) is 0.816. The van der Waals surface area contributed by atoms with Crippen LogP contribution in [0, 0.1) is 11.3 Å². The molecule has 0 bridgehead atoms. The molecule has 0 radical (unpaired) electrons. The van der Waals surface area contributed by atoms with E-state index in [4.69, 9.17) is 10.00 Å². The molecular weight excluding hydrogens is 194 g/mol. The number of rotatable bonds is 3. The summed E-state index contributed by atoms with van der Waals surface area (Å²) in [6.45, 7) is 0.189. The third kappa shape index (κ3) is 3.65. The highest BCUT2D eigenvalue weighted by atomic mass is 16.6. The second kappa shape index (κ2) is 5.60. The zero-order valence-corrected chi connectivity index (χ0v) is 8.38. The molecule has 0 aliphatic heterocycles. The first kappa shape index (κ1) is 11.0. The molecule has 1 aromatic rings. The Morgan fingerprint density at radius 2 is 2.53 bits per heavy atom. The SMILES string of the molecule is CN(CC#N)C(=O)OCc1cccnc1. The van der Waals surface area contributed by atoms with Gasteiger partial charge in [0.2, 0.25) is 0 Å². The van der Waals surface area contributed by atoms with Gasteiger partial charge in [0, 0.05) is 25.0 Å². The Morgan fingerprint density at radius 3 is 3.13 bits per heavy atom. The van der Waals surface area contributed by atoms with E-state index in [1.165, 1.54) is 11.9 Å². The molecule has 0 saturated carbocycles. The molecule has 5 nitrogen and oxygen atoms in total. The minimum absolute atomic E-state index is 0.0197. The van der Waals surface area contributed by atoms with Crippen molar-refractivity contribution in [2.45, 2.75) is 6.61 Å². The number of hydrogen-bond acceptors (Lipinski definition) is 4. The summed E-state index contributed by atoms with van der Waals surface area (Å²) in [6, 6.07) is 5.44. The van der Waals surface area contributed by atoms with Gasteiger partial charge in [-0.2, -0.15) is 5.26 Å². The fraction of sp³-hybridized carbons (Fsp3) is 0.300. The number of carbonyl (C=O) groups excluding carboxylic acids is 1. The largest absolute Gasteiger partial charge is 0.444 e. The first-order valence-electron chi connectivity index (χ1n) is 4.38. The zero-order chi connectivity index (χ0) is 11.1. The van der Waals surface area contributed by atoms with Crippen LogP contribution in [-0.2, 0) is 11.3 Å². The van der Waals surface area contributed by atoms with Gasteiger partial charge in [-0.3, -0.25) is 9.88 Å². The fourth-order valence-corrected chi connectivity index (χ4v) is 0.909. The zero-order valence-electron chi connectivity index (χ0n) is 8.38. The fourth-order valence-electron chi connectivity index (χ4n) is 0.909. The number of ether oxygens (including phenoxy) is 1. The molecule has 0 N–H and O–H groups in total. The Balaban J connectivity index is 2.38. The molecule has 0 atom stereocenters. The van der Waals surface area contributed by atoms with Crippen LogP contribution in [0.2, 0.25) is 0 Å². The van der Waals surface area contributed by atoms with Gasteiger partial charge in [-0.1, -0.05) is 6.07 Å². The summed E-state index contributed by atoms with van der Waals surface area (Å²) >= 11 is 0. The van der Waals surface area contributed by atoms with Crippen LogP contribution in [0.4, 0.5) is 4.79 Å². The number of amides is 1. The van der Waals surface area contributed by atoms with E-state index >= 15 is 0 Å². The van der Waals surface area contributed by atoms with Crippen molar-refractivity contribution < 1.29 is 9.53 Å². The molecule has 0 aromatic carbocycles. The van der Waals surface area contributed by atoms with Gasteiger partial charge in [0.15, 0.2) is 0 Å². The summed E-state index contributed by atoms with van der Waals surface area (Å²) in [5.74, 6) is 0. The van der Waals surface area contributed by atoms with E-state index < -0.39 is 6.09 Å². The average molecular weight is 205 g/mol. The smallest absolute Gasteiger partial charge is 0.410 e. The molecule has 0 aliphatic carbocycles. The normalized spacial score (nSPS) is 9.07. The van der Waals surface area contributed by atoms with Gasteiger partial charge in [0.25, 0.3) is 0 Å². The van der Waals surface area contributed by atoms with Crippen LogP contribution in [0.1, 0.15) is 5.56 Å². The van der Waals surface area contributed by atoms with E-state index in [-0.39, 0.29) is 13.2 Å². The van der Waals surface area contributed by atoms with Gasteiger partial charge >= 0.3 is 6.09 Å². The van der Waals surface area contributed by atoms with Gasteiger partial charge in [0.05, 0.1) is 6.07 Å². The Labute approximate surface area is 87.9 Å². The standard InChI is InChI=1S/C10H11N3O2/c1-13(6-4-11)10(14)15-8-9-3-2-5-12-7-9/h2-3,5,7H,6,8H2,1H3. The molecule has 0 saturated heterocycles. The van der Waals surface area contributed by atoms with Crippen LogP contribution in [-0.4, -0.2) is 29.6 Å². The highest BCUT2D eigenvalue weighted by Gasteiger charge is 2.08. The van der Waals surface area contributed by atoms with Crippen LogP contribution in [0.25, 0.3) is 0 Å². The van der Waals surface area contributed by atoms with Crippen molar-refractivity contribution in [3.63, 3.8) is 0 Å². The summed E-state index contributed by atoms with van der Waals surface area (Å²) in [4.78, 5) is 16.3. The van der Waals surface area contributed by atoms with E-state index in [2.05, 4.69) is 4.98 Å². The first-order chi connectivity index (χ1) is 7.24. The highest BCUT2D eigenvalue weighted by molar-refractivity contribution is 5.67. The molecular formula is C10H11N3O2. The maximum Gasteiger partial charge on any atom is 0.410 e. The molecule has 5 heteroatoms. The van der Waals surface area contributed by atoms with Crippen LogP contribution in [0.5, 0.6) is 0 Å². The molecule has 0 aliphatic rings. The second-order valence-electron chi connectivity index (χ2n) is 2.93. The van der Waals surface area contributed by atoms with Crippen molar-refractivity contribution >= 4 is 6.09 Å².